The molecule has 1 heterocycles. The number of H-pyrrole nitrogens is 1. The first-order valence-corrected chi connectivity index (χ1v) is 8.18. The van der Waals surface area contributed by atoms with Crippen LogP contribution in [0.5, 0.6) is 0 Å². The van der Waals surface area contributed by atoms with E-state index in [1.54, 1.807) is 18.2 Å². The third kappa shape index (κ3) is 4.67. The Bertz CT molecular complexity index is 738. The number of hydrogen-bond donors (Lipinski definition) is 2. The highest BCUT2D eigenvalue weighted by molar-refractivity contribution is 7.90. The maximum atomic E-state index is 12.8. The van der Waals surface area contributed by atoms with Gasteiger partial charge in [0.2, 0.25) is 5.91 Å². The van der Waals surface area contributed by atoms with Crippen LogP contribution in [-0.2, 0) is 14.6 Å². The molecule has 0 spiro atoms. The van der Waals surface area contributed by atoms with E-state index in [2.05, 4.69) is 15.5 Å². The van der Waals surface area contributed by atoms with Crippen LogP contribution in [-0.4, -0.2) is 36.5 Å². The van der Waals surface area contributed by atoms with Crippen molar-refractivity contribution in [2.45, 2.75) is 6.42 Å². The molecule has 0 fully saturated rings. The molecule has 0 saturated heterocycles. The van der Waals surface area contributed by atoms with Gasteiger partial charge in [0.25, 0.3) is 0 Å². The molecular weight excluding hydrogens is 297 g/mol. The Morgan fingerprint density at radius 1 is 1.33 bits per heavy atom. The van der Waals surface area contributed by atoms with E-state index >= 15 is 0 Å². The third-order valence-corrected chi connectivity index (χ3v) is 3.65. The standard InChI is InChI=1S/C13H14FN3O3S/c1-21(19,20)7-6-13(18)15-12-8-11(16-17-12)9-2-4-10(14)5-3-9/h2-5,8H,6-7H2,1H3,(H2,15,16,17,18). The summed E-state index contributed by atoms with van der Waals surface area (Å²) in [6.07, 6.45) is 0.943. The van der Waals surface area contributed by atoms with Gasteiger partial charge in [-0.05, 0) is 29.8 Å². The summed E-state index contributed by atoms with van der Waals surface area (Å²) in [5.74, 6) is -0.702. The second-order valence-corrected chi connectivity index (χ2v) is 6.86. The van der Waals surface area contributed by atoms with Gasteiger partial charge in [-0.2, -0.15) is 5.10 Å². The van der Waals surface area contributed by atoms with Gasteiger partial charge in [-0.1, -0.05) is 0 Å². The van der Waals surface area contributed by atoms with Gasteiger partial charge in [0.15, 0.2) is 5.82 Å². The quantitative estimate of drug-likeness (QED) is 0.877. The van der Waals surface area contributed by atoms with E-state index in [4.69, 9.17) is 0 Å². The molecule has 1 amide bonds. The van der Waals surface area contributed by atoms with Crippen LogP contribution in [0.4, 0.5) is 10.2 Å². The molecule has 0 unspecified atom stereocenters. The zero-order chi connectivity index (χ0) is 15.5. The highest BCUT2D eigenvalue weighted by Crippen LogP contribution is 2.19. The molecule has 0 saturated carbocycles. The van der Waals surface area contributed by atoms with Crippen molar-refractivity contribution in [2.24, 2.45) is 0 Å². The van der Waals surface area contributed by atoms with E-state index in [1.165, 1.54) is 12.1 Å². The first-order chi connectivity index (χ1) is 9.83. The number of nitrogens with zero attached hydrogens (tertiary/aromatic N) is 1. The summed E-state index contributed by atoms with van der Waals surface area (Å²) in [6.45, 7) is 0. The minimum absolute atomic E-state index is 0.127. The van der Waals surface area contributed by atoms with Gasteiger partial charge in [-0.3, -0.25) is 9.89 Å². The molecule has 0 aliphatic rings. The summed E-state index contributed by atoms with van der Waals surface area (Å²) in [5, 5.41) is 9.11. The topological polar surface area (TPSA) is 91.9 Å². The SMILES string of the molecule is CS(=O)(=O)CCC(=O)Nc1cc(-c2ccc(F)cc2)[nH]n1. The number of aromatic nitrogens is 2. The number of anilines is 1. The largest absolute Gasteiger partial charge is 0.309 e. The number of carbonyl (C=O) groups is 1. The first-order valence-electron chi connectivity index (χ1n) is 6.12. The average molecular weight is 311 g/mol. The number of aromatic amines is 1. The molecule has 0 bridgehead atoms. The van der Waals surface area contributed by atoms with Gasteiger partial charge >= 0.3 is 0 Å². The zero-order valence-electron chi connectivity index (χ0n) is 11.3. The summed E-state index contributed by atoms with van der Waals surface area (Å²) in [5.41, 5.74) is 1.34. The molecule has 21 heavy (non-hydrogen) atoms. The van der Waals surface area contributed by atoms with E-state index < -0.39 is 15.7 Å². The Hall–Kier alpha value is -2.22. The van der Waals surface area contributed by atoms with Crippen molar-refractivity contribution in [1.82, 2.24) is 10.2 Å². The molecule has 8 heteroatoms. The van der Waals surface area contributed by atoms with Gasteiger partial charge in [-0.15, -0.1) is 0 Å². The number of hydrogen-bond acceptors (Lipinski definition) is 4. The predicted octanol–water partition coefficient (Wildman–Crippen LogP) is 1.59. The summed E-state index contributed by atoms with van der Waals surface area (Å²) in [7, 11) is -3.18. The number of nitrogens with one attached hydrogen (secondary N) is 2. The Morgan fingerprint density at radius 2 is 2.00 bits per heavy atom. The number of benzene rings is 1. The summed E-state index contributed by atoms with van der Waals surface area (Å²) >= 11 is 0. The summed E-state index contributed by atoms with van der Waals surface area (Å²) in [6, 6.07) is 7.39. The molecule has 2 N–H and O–H groups in total. The minimum Gasteiger partial charge on any atom is -0.309 e. The molecule has 0 atom stereocenters. The van der Waals surface area contributed by atoms with Gasteiger partial charge in [0.05, 0.1) is 11.4 Å². The van der Waals surface area contributed by atoms with E-state index in [0.29, 0.717) is 5.69 Å². The number of rotatable bonds is 5. The monoisotopic (exact) mass is 311 g/mol. The van der Waals surface area contributed by atoms with Crippen LogP contribution >= 0.6 is 0 Å². The third-order valence-electron chi connectivity index (χ3n) is 2.70. The van der Waals surface area contributed by atoms with Crippen LogP contribution in [0.1, 0.15) is 6.42 Å². The van der Waals surface area contributed by atoms with Gasteiger partial charge in [-0.25, -0.2) is 12.8 Å². The van der Waals surface area contributed by atoms with Crippen LogP contribution in [0.3, 0.4) is 0 Å². The Balaban J connectivity index is 2.00. The number of carbonyl (C=O) groups excluding carboxylic acids is 1. The fourth-order valence-electron chi connectivity index (χ4n) is 1.65. The Kier molecular flexibility index (Phi) is 4.37. The lowest BCUT2D eigenvalue weighted by atomic mass is 10.1. The van der Waals surface area contributed by atoms with Crippen molar-refractivity contribution in [3.63, 3.8) is 0 Å². The van der Waals surface area contributed by atoms with Crippen LogP contribution in [0, 0.1) is 5.82 Å². The molecule has 2 aromatic rings. The Labute approximate surface area is 121 Å². The lowest BCUT2D eigenvalue weighted by molar-refractivity contribution is -0.115. The molecule has 6 nitrogen and oxygen atoms in total. The fraction of sp³-hybridized carbons (Fsp3) is 0.231. The molecule has 0 aliphatic carbocycles. The average Bonchev–Trinajstić information content (AvgIpc) is 2.85. The molecule has 0 radical (unpaired) electrons. The van der Waals surface area contributed by atoms with E-state index in [0.717, 1.165) is 11.8 Å². The van der Waals surface area contributed by atoms with Gasteiger partial charge < -0.3 is 5.32 Å². The molecule has 112 valence electrons. The summed E-state index contributed by atoms with van der Waals surface area (Å²) in [4.78, 5) is 11.6. The van der Waals surface area contributed by atoms with Crippen molar-refractivity contribution in [2.75, 3.05) is 17.3 Å². The van der Waals surface area contributed by atoms with Crippen LogP contribution in [0.2, 0.25) is 0 Å². The van der Waals surface area contributed by atoms with Crippen LogP contribution < -0.4 is 5.32 Å². The number of sulfone groups is 1. The normalized spacial score (nSPS) is 11.3. The van der Waals surface area contributed by atoms with E-state index in [1.807, 2.05) is 0 Å². The van der Waals surface area contributed by atoms with Gasteiger partial charge in [0.1, 0.15) is 15.7 Å². The van der Waals surface area contributed by atoms with Crippen molar-refractivity contribution < 1.29 is 17.6 Å². The number of amides is 1. The minimum atomic E-state index is -3.18. The maximum absolute atomic E-state index is 12.8. The molecule has 1 aromatic carbocycles. The molecular formula is C13H14FN3O3S. The van der Waals surface area contributed by atoms with Crippen molar-refractivity contribution in [3.05, 3.63) is 36.1 Å². The predicted molar refractivity (Wildman–Crippen MR) is 76.9 cm³/mol. The lowest BCUT2D eigenvalue weighted by Crippen LogP contribution is -2.16. The van der Waals surface area contributed by atoms with Crippen molar-refractivity contribution in [3.8, 4) is 11.3 Å². The lowest BCUT2D eigenvalue weighted by Gasteiger charge is -2.00. The highest BCUT2D eigenvalue weighted by atomic mass is 32.2. The molecule has 2 rings (SSSR count). The fourth-order valence-corrected chi connectivity index (χ4v) is 2.20. The smallest absolute Gasteiger partial charge is 0.226 e. The van der Waals surface area contributed by atoms with E-state index in [-0.39, 0.29) is 23.8 Å². The van der Waals surface area contributed by atoms with Crippen LogP contribution in [0.25, 0.3) is 11.3 Å². The number of halogens is 1. The van der Waals surface area contributed by atoms with E-state index in [9.17, 15) is 17.6 Å². The molecule has 1 aromatic heterocycles. The summed E-state index contributed by atoms with van der Waals surface area (Å²) < 4.78 is 34.8. The Morgan fingerprint density at radius 3 is 2.62 bits per heavy atom. The highest BCUT2D eigenvalue weighted by Gasteiger charge is 2.10. The first kappa shape index (κ1) is 15.2. The van der Waals surface area contributed by atoms with Crippen molar-refractivity contribution >= 4 is 21.6 Å². The van der Waals surface area contributed by atoms with Gasteiger partial charge in [0, 0.05) is 18.7 Å². The molecule has 0 aliphatic heterocycles. The van der Waals surface area contributed by atoms with Crippen molar-refractivity contribution in [1.29, 1.82) is 0 Å². The maximum Gasteiger partial charge on any atom is 0.226 e. The van der Waals surface area contributed by atoms with Crippen LogP contribution in [0.15, 0.2) is 30.3 Å². The second kappa shape index (κ2) is 6.04. The second-order valence-electron chi connectivity index (χ2n) is 4.60. The zero-order valence-corrected chi connectivity index (χ0v) is 12.1.